The molecule has 1 N–H and O–H groups in total. The number of hydrogen-bond acceptors (Lipinski definition) is 4. The van der Waals surface area contributed by atoms with Gasteiger partial charge in [-0.15, -0.1) is 12.1 Å². The van der Waals surface area contributed by atoms with Crippen molar-refractivity contribution < 1.29 is 34.7 Å². The second-order valence-electron chi connectivity index (χ2n) is 9.60. The Hall–Kier alpha value is -3.01. The zero-order valence-electron chi connectivity index (χ0n) is 23.2. The van der Waals surface area contributed by atoms with Gasteiger partial charge in [0, 0.05) is 55.3 Å². The van der Waals surface area contributed by atoms with Crippen LogP contribution in [-0.2, 0) is 24.9 Å². The van der Waals surface area contributed by atoms with Crippen molar-refractivity contribution in [2.45, 2.75) is 60.8 Å². The van der Waals surface area contributed by atoms with Crippen LogP contribution < -0.4 is 4.74 Å². The topological polar surface area (TPSA) is 59.4 Å². The average Bonchev–Trinajstić information content (AvgIpc) is 2.90. The van der Waals surface area contributed by atoms with Gasteiger partial charge in [-0.05, 0) is 78.6 Å². The van der Waals surface area contributed by atoms with Crippen molar-refractivity contribution in [2.75, 3.05) is 0 Å². The Balaban J connectivity index is 0.000000296. The third kappa shape index (κ3) is 7.99. The van der Waals surface area contributed by atoms with E-state index in [4.69, 9.17) is 4.74 Å². The molecule has 0 spiro atoms. The Labute approximate surface area is 240 Å². The molecule has 1 heterocycles. The Morgan fingerprint density at radius 1 is 0.974 bits per heavy atom. The van der Waals surface area contributed by atoms with E-state index in [1.165, 1.54) is 28.0 Å². The van der Waals surface area contributed by atoms with Crippen LogP contribution in [0.25, 0.3) is 21.5 Å². The molecule has 0 bridgehead atoms. The fourth-order valence-electron chi connectivity index (χ4n) is 4.10. The number of ketones is 1. The van der Waals surface area contributed by atoms with Gasteiger partial charge in [0.25, 0.3) is 0 Å². The number of aryl methyl sites for hydroxylation is 2. The van der Waals surface area contributed by atoms with Crippen LogP contribution in [0, 0.1) is 31.7 Å². The number of benzene rings is 3. The number of rotatable bonds is 8. The number of hydrogen-bond donors (Lipinski definition) is 1. The molecule has 0 saturated heterocycles. The fraction of sp³-hybridized carbons (Fsp3) is 0.333. The Morgan fingerprint density at radius 2 is 1.63 bits per heavy atom. The Kier molecular flexibility index (Phi) is 12.2. The van der Waals surface area contributed by atoms with Gasteiger partial charge < -0.3 is 9.84 Å². The number of aromatic nitrogens is 1. The summed E-state index contributed by atoms with van der Waals surface area (Å²) in [5.41, 5.74) is 2.60. The Bertz CT molecular complexity index is 1380. The maximum absolute atomic E-state index is 11.6. The molecular formula is C33H38IrNO3-. The van der Waals surface area contributed by atoms with Crippen LogP contribution in [-0.4, -0.2) is 15.9 Å². The molecule has 0 aliphatic rings. The number of ether oxygens (including phenoxy) is 1. The van der Waals surface area contributed by atoms with Crippen LogP contribution in [0.2, 0.25) is 0 Å². The number of allylic oxidation sites excluding steroid dienone is 2. The van der Waals surface area contributed by atoms with Gasteiger partial charge in [-0.3, -0.25) is 4.79 Å². The summed E-state index contributed by atoms with van der Waals surface area (Å²) >= 11 is 0. The van der Waals surface area contributed by atoms with Crippen molar-refractivity contribution in [3.8, 4) is 11.6 Å². The van der Waals surface area contributed by atoms with E-state index >= 15 is 0 Å². The van der Waals surface area contributed by atoms with E-state index in [1.54, 1.807) is 6.20 Å². The number of para-hydroxylation sites is 1. The summed E-state index contributed by atoms with van der Waals surface area (Å²) < 4.78 is 5.93. The number of nitrogens with zero attached hydrogens (tertiary/aromatic N) is 1. The van der Waals surface area contributed by atoms with Crippen molar-refractivity contribution >= 4 is 27.3 Å². The Morgan fingerprint density at radius 3 is 2.21 bits per heavy atom. The number of carbonyl (C=O) groups excluding carboxylic acids is 1. The van der Waals surface area contributed by atoms with Crippen LogP contribution in [0.3, 0.4) is 0 Å². The van der Waals surface area contributed by atoms with Gasteiger partial charge in [0.1, 0.15) is 0 Å². The average molecular weight is 689 g/mol. The molecule has 0 fully saturated rings. The largest absolute Gasteiger partial charge is 0.512 e. The number of aliphatic hydroxyl groups is 1. The van der Waals surface area contributed by atoms with Crippen LogP contribution in [0.4, 0.5) is 0 Å². The molecule has 1 unspecified atom stereocenters. The molecule has 0 aliphatic carbocycles. The summed E-state index contributed by atoms with van der Waals surface area (Å²) in [6.45, 7) is 12.2. The molecule has 1 radical (unpaired) electrons. The minimum absolute atomic E-state index is 0. The maximum atomic E-state index is 11.6. The van der Waals surface area contributed by atoms with Gasteiger partial charge in [-0.1, -0.05) is 39.8 Å². The van der Waals surface area contributed by atoms with Gasteiger partial charge in [-0.25, -0.2) is 4.98 Å². The minimum Gasteiger partial charge on any atom is -0.512 e. The predicted molar refractivity (Wildman–Crippen MR) is 153 cm³/mol. The number of aliphatic hydroxyl groups excluding tert-OH is 1. The van der Waals surface area contributed by atoms with Crippen LogP contribution in [0.5, 0.6) is 11.6 Å². The first-order valence-electron chi connectivity index (χ1n) is 13.2. The third-order valence-electron chi connectivity index (χ3n) is 6.98. The number of pyridine rings is 1. The number of carbonyl (C=O) groups is 1. The maximum Gasteiger partial charge on any atom is 0.224 e. The molecular weight excluding hydrogens is 651 g/mol. The SMILES string of the molecule is CCC(CC)C(=O)/C=C(\O)C(C)CC.Cc1cc2cc3ccnc(Oc4[c-]cccc4)c3cc2cc1C.[Ir]. The fourth-order valence-corrected chi connectivity index (χ4v) is 4.10. The quantitative estimate of drug-likeness (QED) is 0.0869. The van der Waals surface area contributed by atoms with Crippen molar-refractivity contribution in [3.05, 3.63) is 89.8 Å². The van der Waals surface area contributed by atoms with Crippen molar-refractivity contribution in [2.24, 2.45) is 11.8 Å². The van der Waals surface area contributed by atoms with Gasteiger partial charge in [0.05, 0.1) is 5.76 Å². The van der Waals surface area contributed by atoms with Crippen molar-refractivity contribution in [3.63, 3.8) is 0 Å². The van der Waals surface area contributed by atoms with Crippen LogP contribution >= 0.6 is 0 Å². The summed E-state index contributed by atoms with van der Waals surface area (Å²) in [6, 6.07) is 21.5. The second kappa shape index (κ2) is 14.8. The summed E-state index contributed by atoms with van der Waals surface area (Å²) in [4.78, 5) is 16.0. The summed E-state index contributed by atoms with van der Waals surface area (Å²) in [5, 5.41) is 14.2. The smallest absolute Gasteiger partial charge is 0.224 e. The van der Waals surface area contributed by atoms with Crippen LogP contribution in [0.1, 0.15) is 58.1 Å². The third-order valence-corrected chi connectivity index (χ3v) is 6.98. The molecule has 38 heavy (non-hydrogen) atoms. The second-order valence-corrected chi connectivity index (χ2v) is 9.60. The standard InChI is InChI=1S/C21H16NO.C12H22O2.Ir/c1-14-10-17-12-16-8-9-22-21(23-19-6-4-3-5-7-19)20(16)13-18(17)11-15(14)2;1-5-9(4)11(13)8-12(14)10(6-2)7-3;/h3-6,8-13H,1-2H3;8-10,13H,5-7H2,1-4H3;/q-1;;/b;11-8-;. The van der Waals surface area contributed by atoms with Gasteiger partial charge in [-0.2, -0.15) is 18.2 Å². The van der Waals surface area contributed by atoms with Gasteiger partial charge in [0.15, 0.2) is 5.78 Å². The summed E-state index contributed by atoms with van der Waals surface area (Å²) in [6.07, 6.45) is 5.75. The van der Waals surface area contributed by atoms with E-state index in [-0.39, 0.29) is 43.5 Å². The zero-order chi connectivity index (χ0) is 26.9. The molecule has 4 nitrogen and oxygen atoms in total. The number of fused-ring (bicyclic) bond motifs is 2. The molecule has 0 saturated carbocycles. The van der Waals surface area contributed by atoms with E-state index in [9.17, 15) is 9.90 Å². The van der Waals surface area contributed by atoms with Gasteiger partial charge >= 0.3 is 0 Å². The first-order chi connectivity index (χ1) is 17.8. The van der Waals surface area contributed by atoms with E-state index < -0.39 is 0 Å². The van der Waals surface area contributed by atoms with Gasteiger partial charge in [0.2, 0.25) is 5.88 Å². The predicted octanol–water partition coefficient (Wildman–Crippen LogP) is 9.07. The molecule has 203 valence electrons. The van der Waals surface area contributed by atoms with E-state index in [0.717, 1.165) is 30.0 Å². The molecule has 1 aromatic heterocycles. The molecule has 0 aliphatic heterocycles. The minimum atomic E-state index is 0. The zero-order valence-corrected chi connectivity index (χ0v) is 25.6. The van der Waals surface area contributed by atoms with E-state index in [1.807, 2.05) is 58.0 Å². The van der Waals surface area contributed by atoms with E-state index in [0.29, 0.717) is 11.6 Å². The molecule has 1 atom stereocenters. The molecule has 4 aromatic rings. The molecule has 3 aromatic carbocycles. The normalized spacial score (nSPS) is 12.0. The van der Waals surface area contributed by atoms with Crippen LogP contribution in [0.15, 0.2) is 72.6 Å². The van der Waals surface area contributed by atoms with E-state index in [2.05, 4.69) is 49.2 Å². The first kappa shape index (κ1) is 31.2. The first-order valence-corrected chi connectivity index (χ1v) is 13.2. The summed E-state index contributed by atoms with van der Waals surface area (Å²) in [7, 11) is 0. The molecule has 0 amide bonds. The molecule has 5 heteroatoms. The summed E-state index contributed by atoms with van der Waals surface area (Å²) in [5.74, 6) is 1.74. The van der Waals surface area contributed by atoms with Crippen molar-refractivity contribution in [1.82, 2.24) is 4.98 Å². The van der Waals surface area contributed by atoms with Crippen molar-refractivity contribution in [1.29, 1.82) is 0 Å². The molecule has 4 rings (SSSR count). The monoisotopic (exact) mass is 689 g/mol.